The van der Waals surface area contributed by atoms with Crippen LogP contribution in [0.25, 0.3) is 0 Å². The maximum Gasteiger partial charge on any atom is 0.0575 e. The van der Waals surface area contributed by atoms with Crippen molar-refractivity contribution in [1.29, 1.82) is 0 Å². The van der Waals surface area contributed by atoms with Gasteiger partial charge < -0.3 is 4.74 Å². The average molecular weight is 182 g/mol. The molecular formula is C12H22O. The monoisotopic (exact) mass is 182 g/mol. The van der Waals surface area contributed by atoms with E-state index in [0.717, 1.165) is 26.1 Å². The topological polar surface area (TPSA) is 9.23 Å². The zero-order chi connectivity index (χ0) is 9.78. The molecule has 0 rings (SSSR count). The summed E-state index contributed by atoms with van der Waals surface area (Å²) in [5.41, 5.74) is 0. The standard InChI is InChI=1S/C12H22O/c1-3-5-6-7-8-9-10-11-12-13-4-2/h3-8,11-12H2,1-2H3. The summed E-state index contributed by atoms with van der Waals surface area (Å²) in [7, 11) is 0. The van der Waals surface area contributed by atoms with Crippen molar-refractivity contribution < 1.29 is 4.74 Å². The Bertz CT molecular complexity index is 141. The Morgan fingerprint density at radius 2 is 1.69 bits per heavy atom. The van der Waals surface area contributed by atoms with E-state index < -0.39 is 0 Å². The first-order chi connectivity index (χ1) is 6.41. The first kappa shape index (κ1) is 12.5. The third-order valence-corrected chi connectivity index (χ3v) is 1.86. The van der Waals surface area contributed by atoms with Crippen molar-refractivity contribution in [2.24, 2.45) is 0 Å². The highest BCUT2D eigenvalue weighted by Gasteiger charge is 1.83. The van der Waals surface area contributed by atoms with Crippen LogP contribution in [-0.2, 0) is 4.74 Å². The Morgan fingerprint density at radius 1 is 0.923 bits per heavy atom. The minimum absolute atomic E-state index is 0.790. The lowest BCUT2D eigenvalue weighted by molar-refractivity contribution is 0.154. The Balaban J connectivity index is 3.02. The Labute approximate surface area is 82.9 Å². The minimum Gasteiger partial charge on any atom is -0.381 e. The number of unbranched alkanes of at least 4 members (excludes halogenated alkanes) is 4. The molecule has 0 heterocycles. The van der Waals surface area contributed by atoms with Gasteiger partial charge in [0.15, 0.2) is 0 Å². The highest BCUT2D eigenvalue weighted by molar-refractivity contribution is 4.98. The van der Waals surface area contributed by atoms with Crippen molar-refractivity contribution in [2.45, 2.75) is 52.4 Å². The van der Waals surface area contributed by atoms with E-state index in [1.807, 2.05) is 6.92 Å². The van der Waals surface area contributed by atoms with E-state index in [4.69, 9.17) is 4.74 Å². The molecule has 0 fully saturated rings. The Kier molecular flexibility index (Phi) is 11.1. The van der Waals surface area contributed by atoms with E-state index in [0.29, 0.717) is 0 Å². The van der Waals surface area contributed by atoms with E-state index in [-0.39, 0.29) is 0 Å². The first-order valence-corrected chi connectivity index (χ1v) is 5.45. The SMILES string of the molecule is CCCCCCC#CCCOCC. The zero-order valence-electron chi connectivity index (χ0n) is 9.07. The summed E-state index contributed by atoms with van der Waals surface area (Å²) in [6.07, 6.45) is 7.19. The highest BCUT2D eigenvalue weighted by Crippen LogP contribution is 2.00. The molecule has 0 atom stereocenters. The van der Waals surface area contributed by atoms with Crippen molar-refractivity contribution in [3.8, 4) is 11.8 Å². The van der Waals surface area contributed by atoms with Gasteiger partial charge in [-0.05, 0) is 13.3 Å². The van der Waals surface area contributed by atoms with Gasteiger partial charge in [0.1, 0.15) is 0 Å². The minimum atomic E-state index is 0.790. The van der Waals surface area contributed by atoms with Crippen LogP contribution >= 0.6 is 0 Å². The molecule has 0 radical (unpaired) electrons. The van der Waals surface area contributed by atoms with Crippen LogP contribution in [-0.4, -0.2) is 13.2 Å². The molecule has 0 aromatic heterocycles. The average Bonchev–Trinajstić information content (AvgIpc) is 2.16. The van der Waals surface area contributed by atoms with Gasteiger partial charge >= 0.3 is 0 Å². The van der Waals surface area contributed by atoms with E-state index in [9.17, 15) is 0 Å². The number of hydrogen-bond acceptors (Lipinski definition) is 1. The highest BCUT2D eigenvalue weighted by atomic mass is 16.5. The fraction of sp³-hybridized carbons (Fsp3) is 0.833. The van der Waals surface area contributed by atoms with Gasteiger partial charge in [-0.15, -0.1) is 11.8 Å². The molecule has 0 aromatic rings. The third-order valence-electron chi connectivity index (χ3n) is 1.86. The summed E-state index contributed by atoms with van der Waals surface area (Å²) < 4.78 is 5.18. The van der Waals surface area contributed by atoms with Crippen molar-refractivity contribution in [3.05, 3.63) is 0 Å². The molecule has 0 aliphatic rings. The second-order valence-electron chi connectivity index (χ2n) is 3.11. The van der Waals surface area contributed by atoms with Crippen LogP contribution in [0.4, 0.5) is 0 Å². The predicted molar refractivity (Wildman–Crippen MR) is 57.6 cm³/mol. The first-order valence-electron chi connectivity index (χ1n) is 5.45. The van der Waals surface area contributed by atoms with Gasteiger partial charge in [-0.2, -0.15) is 0 Å². The van der Waals surface area contributed by atoms with Gasteiger partial charge in [0, 0.05) is 19.4 Å². The molecule has 0 bridgehead atoms. The second-order valence-corrected chi connectivity index (χ2v) is 3.11. The van der Waals surface area contributed by atoms with Crippen molar-refractivity contribution in [1.82, 2.24) is 0 Å². The molecule has 76 valence electrons. The van der Waals surface area contributed by atoms with Crippen molar-refractivity contribution in [3.63, 3.8) is 0 Å². The molecule has 1 nitrogen and oxygen atoms in total. The lowest BCUT2D eigenvalue weighted by Crippen LogP contribution is -1.90. The molecule has 0 saturated heterocycles. The zero-order valence-corrected chi connectivity index (χ0v) is 9.07. The van der Waals surface area contributed by atoms with Crippen LogP contribution in [0.1, 0.15) is 52.4 Å². The van der Waals surface area contributed by atoms with Crippen LogP contribution in [0.15, 0.2) is 0 Å². The van der Waals surface area contributed by atoms with Gasteiger partial charge in [0.05, 0.1) is 6.61 Å². The summed E-state index contributed by atoms with van der Waals surface area (Å²) in [4.78, 5) is 0. The van der Waals surface area contributed by atoms with Gasteiger partial charge in [-0.25, -0.2) is 0 Å². The van der Waals surface area contributed by atoms with Crippen molar-refractivity contribution in [2.75, 3.05) is 13.2 Å². The summed E-state index contributed by atoms with van der Waals surface area (Å²) in [6.45, 7) is 5.84. The molecule has 0 unspecified atom stereocenters. The summed E-state index contributed by atoms with van der Waals surface area (Å²) in [5.74, 6) is 6.30. The van der Waals surface area contributed by atoms with Crippen LogP contribution in [0.3, 0.4) is 0 Å². The molecular weight excluding hydrogens is 160 g/mol. The smallest absolute Gasteiger partial charge is 0.0575 e. The van der Waals surface area contributed by atoms with Crippen molar-refractivity contribution >= 4 is 0 Å². The molecule has 13 heavy (non-hydrogen) atoms. The molecule has 0 aliphatic carbocycles. The van der Waals surface area contributed by atoms with Gasteiger partial charge in [0.2, 0.25) is 0 Å². The second kappa shape index (κ2) is 11.5. The lowest BCUT2D eigenvalue weighted by Gasteiger charge is -1.93. The quantitative estimate of drug-likeness (QED) is 0.433. The van der Waals surface area contributed by atoms with Gasteiger partial charge in [0.25, 0.3) is 0 Å². The molecule has 0 N–H and O–H groups in total. The maximum atomic E-state index is 5.18. The fourth-order valence-electron chi connectivity index (χ4n) is 1.08. The van der Waals surface area contributed by atoms with E-state index in [1.165, 1.54) is 25.7 Å². The van der Waals surface area contributed by atoms with Crippen LogP contribution < -0.4 is 0 Å². The lowest BCUT2D eigenvalue weighted by atomic mass is 10.1. The summed E-state index contributed by atoms with van der Waals surface area (Å²) in [5, 5.41) is 0. The Morgan fingerprint density at radius 3 is 2.38 bits per heavy atom. The normalized spacial score (nSPS) is 9.38. The summed E-state index contributed by atoms with van der Waals surface area (Å²) in [6, 6.07) is 0. The molecule has 0 aliphatic heterocycles. The van der Waals surface area contributed by atoms with E-state index in [1.54, 1.807) is 0 Å². The fourth-order valence-corrected chi connectivity index (χ4v) is 1.08. The molecule has 0 spiro atoms. The van der Waals surface area contributed by atoms with Crippen LogP contribution in [0, 0.1) is 11.8 Å². The molecule has 0 amide bonds. The number of hydrogen-bond donors (Lipinski definition) is 0. The van der Waals surface area contributed by atoms with E-state index in [2.05, 4.69) is 18.8 Å². The molecule has 0 aromatic carbocycles. The molecule has 0 saturated carbocycles. The third kappa shape index (κ3) is 11.5. The predicted octanol–water partition coefficient (Wildman–Crippen LogP) is 3.39. The molecule has 1 heteroatoms. The van der Waals surface area contributed by atoms with Crippen LogP contribution in [0.5, 0.6) is 0 Å². The number of rotatable bonds is 7. The number of ether oxygens (including phenoxy) is 1. The van der Waals surface area contributed by atoms with Gasteiger partial charge in [-0.1, -0.05) is 26.2 Å². The van der Waals surface area contributed by atoms with Gasteiger partial charge in [-0.3, -0.25) is 0 Å². The van der Waals surface area contributed by atoms with E-state index >= 15 is 0 Å². The largest absolute Gasteiger partial charge is 0.381 e. The van der Waals surface area contributed by atoms with Crippen LogP contribution in [0.2, 0.25) is 0 Å². The summed E-state index contributed by atoms with van der Waals surface area (Å²) >= 11 is 0. The Hall–Kier alpha value is -0.480. The maximum absolute atomic E-state index is 5.18.